The molecule has 0 amide bonds. The van der Waals surface area contributed by atoms with Crippen LogP contribution in [-0.4, -0.2) is 23.8 Å². The minimum Gasteiger partial charge on any atom is -0.382 e. The Kier molecular flexibility index (Phi) is 5.04. The summed E-state index contributed by atoms with van der Waals surface area (Å²) in [5.41, 5.74) is 1.41. The van der Waals surface area contributed by atoms with Crippen LogP contribution in [0.1, 0.15) is 22.7 Å². The minimum atomic E-state index is -1.22. The molecule has 24 heavy (non-hydrogen) atoms. The molecular formula is C21H21NO2. The van der Waals surface area contributed by atoms with Crippen LogP contribution < -0.4 is 0 Å². The number of rotatable bonds is 6. The molecule has 2 atom stereocenters. The van der Waals surface area contributed by atoms with Crippen molar-refractivity contribution in [2.45, 2.75) is 11.5 Å². The molecule has 2 unspecified atom stereocenters. The molecule has 3 aromatic rings. The predicted molar refractivity (Wildman–Crippen MR) is 94.7 cm³/mol. The summed E-state index contributed by atoms with van der Waals surface area (Å²) >= 11 is 0. The second-order valence-electron chi connectivity index (χ2n) is 5.82. The van der Waals surface area contributed by atoms with E-state index in [1.165, 1.54) is 0 Å². The summed E-state index contributed by atoms with van der Waals surface area (Å²) in [7, 11) is 1.61. The van der Waals surface area contributed by atoms with Gasteiger partial charge in [0, 0.05) is 13.3 Å². The molecule has 0 spiro atoms. The Balaban J connectivity index is 2.19. The SMILES string of the molecule is COCC(O)(c1ccccc1)C(c1ccccc1)c1ccccn1. The summed E-state index contributed by atoms with van der Waals surface area (Å²) in [6, 6.07) is 25.4. The fraction of sp³-hybridized carbons (Fsp3) is 0.190. The number of aliphatic hydroxyl groups is 1. The summed E-state index contributed by atoms with van der Waals surface area (Å²) in [4.78, 5) is 4.51. The summed E-state index contributed by atoms with van der Waals surface area (Å²) in [6.45, 7) is 0.174. The lowest BCUT2D eigenvalue weighted by Gasteiger charge is -2.36. The molecule has 0 saturated carbocycles. The maximum atomic E-state index is 11.7. The highest BCUT2D eigenvalue weighted by Gasteiger charge is 2.41. The number of hydrogen-bond donors (Lipinski definition) is 1. The molecule has 1 heterocycles. The normalized spacial score (nSPS) is 14.8. The van der Waals surface area contributed by atoms with Crippen molar-refractivity contribution in [1.82, 2.24) is 4.98 Å². The van der Waals surface area contributed by atoms with Crippen molar-refractivity contribution in [1.29, 1.82) is 0 Å². The molecule has 0 aliphatic carbocycles. The van der Waals surface area contributed by atoms with Gasteiger partial charge in [0.15, 0.2) is 0 Å². The lowest BCUT2D eigenvalue weighted by molar-refractivity contribution is -0.0490. The molecule has 0 saturated heterocycles. The quantitative estimate of drug-likeness (QED) is 0.752. The van der Waals surface area contributed by atoms with Crippen LogP contribution in [0.5, 0.6) is 0 Å². The molecule has 1 aromatic heterocycles. The molecule has 3 heteroatoms. The smallest absolute Gasteiger partial charge is 0.125 e. The van der Waals surface area contributed by atoms with Gasteiger partial charge in [-0.05, 0) is 23.3 Å². The topological polar surface area (TPSA) is 42.4 Å². The molecule has 0 aliphatic rings. The monoisotopic (exact) mass is 319 g/mol. The van der Waals surface area contributed by atoms with Crippen LogP contribution in [0, 0.1) is 0 Å². The zero-order valence-corrected chi connectivity index (χ0v) is 13.7. The number of nitrogens with zero attached hydrogens (tertiary/aromatic N) is 1. The summed E-state index contributed by atoms with van der Waals surface area (Å²) < 4.78 is 5.41. The van der Waals surface area contributed by atoms with E-state index in [0.717, 1.165) is 16.8 Å². The number of methoxy groups -OCH3 is 1. The lowest BCUT2D eigenvalue weighted by atomic mass is 9.75. The highest BCUT2D eigenvalue weighted by Crippen LogP contribution is 2.41. The van der Waals surface area contributed by atoms with Gasteiger partial charge < -0.3 is 9.84 Å². The summed E-state index contributed by atoms with van der Waals surface area (Å²) in [6.07, 6.45) is 1.75. The predicted octanol–water partition coefficient (Wildman–Crippen LogP) is 3.75. The Labute approximate surface area is 142 Å². The third-order valence-electron chi connectivity index (χ3n) is 4.23. The summed E-state index contributed by atoms with van der Waals surface area (Å²) in [5.74, 6) is -0.331. The van der Waals surface area contributed by atoms with E-state index in [0.29, 0.717) is 0 Å². The summed E-state index contributed by atoms with van der Waals surface area (Å²) in [5, 5.41) is 11.7. The zero-order chi connectivity index (χ0) is 16.8. The first-order chi connectivity index (χ1) is 11.8. The maximum Gasteiger partial charge on any atom is 0.125 e. The minimum absolute atomic E-state index is 0.174. The molecule has 122 valence electrons. The van der Waals surface area contributed by atoms with Gasteiger partial charge in [0.1, 0.15) is 5.60 Å². The van der Waals surface area contributed by atoms with Gasteiger partial charge in [-0.2, -0.15) is 0 Å². The van der Waals surface area contributed by atoms with Crippen molar-refractivity contribution in [2.75, 3.05) is 13.7 Å². The van der Waals surface area contributed by atoms with E-state index in [1.807, 2.05) is 78.9 Å². The molecule has 0 aliphatic heterocycles. The van der Waals surface area contributed by atoms with E-state index in [1.54, 1.807) is 13.3 Å². The van der Waals surface area contributed by atoms with Crippen molar-refractivity contribution in [3.63, 3.8) is 0 Å². The largest absolute Gasteiger partial charge is 0.382 e. The van der Waals surface area contributed by atoms with Crippen LogP contribution in [0.25, 0.3) is 0 Å². The Hall–Kier alpha value is -2.49. The first kappa shape index (κ1) is 16.4. The van der Waals surface area contributed by atoms with Crippen molar-refractivity contribution < 1.29 is 9.84 Å². The van der Waals surface area contributed by atoms with Crippen LogP contribution in [0.2, 0.25) is 0 Å². The van der Waals surface area contributed by atoms with E-state index < -0.39 is 5.60 Å². The van der Waals surface area contributed by atoms with Crippen LogP contribution in [0.4, 0.5) is 0 Å². The Morgan fingerprint density at radius 1 is 0.917 bits per heavy atom. The highest BCUT2D eigenvalue weighted by atomic mass is 16.5. The fourth-order valence-electron chi connectivity index (χ4n) is 3.16. The van der Waals surface area contributed by atoms with Gasteiger partial charge in [0.25, 0.3) is 0 Å². The highest BCUT2D eigenvalue weighted by molar-refractivity contribution is 5.38. The van der Waals surface area contributed by atoms with Gasteiger partial charge in [-0.1, -0.05) is 66.7 Å². The average molecular weight is 319 g/mol. The third-order valence-corrected chi connectivity index (χ3v) is 4.23. The standard InChI is InChI=1S/C21H21NO2/c1-24-16-21(23,18-12-6-3-7-13-18)20(17-10-4-2-5-11-17)19-14-8-9-15-22-19/h2-15,20,23H,16H2,1H3. The molecule has 3 nitrogen and oxygen atoms in total. The van der Waals surface area contributed by atoms with Gasteiger partial charge >= 0.3 is 0 Å². The molecule has 3 rings (SSSR count). The van der Waals surface area contributed by atoms with Crippen molar-refractivity contribution >= 4 is 0 Å². The maximum absolute atomic E-state index is 11.7. The molecule has 2 aromatic carbocycles. The van der Waals surface area contributed by atoms with E-state index >= 15 is 0 Å². The number of hydrogen-bond acceptors (Lipinski definition) is 3. The third kappa shape index (κ3) is 3.23. The van der Waals surface area contributed by atoms with Gasteiger partial charge in [0.2, 0.25) is 0 Å². The van der Waals surface area contributed by atoms with E-state index in [9.17, 15) is 5.11 Å². The van der Waals surface area contributed by atoms with Crippen LogP contribution in [0.3, 0.4) is 0 Å². The second-order valence-corrected chi connectivity index (χ2v) is 5.82. The lowest BCUT2D eigenvalue weighted by Crippen LogP contribution is -2.39. The first-order valence-electron chi connectivity index (χ1n) is 7.98. The number of aromatic nitrogens is 1. The Morgan fingerprint density at radius 2 is 1.54 bits per heavy atom. The van der Waals surface area contributed by atoms with E-state index in [4.69, 9.17) is 4.74 Å². The van der Waals surface area contributed by atoms with Crippen LogP contribution in [-0.2, 0) is 10.3 Å². The Bertz CT molecular complexity index is 707. The van der Waals surface area contributed by atoms with Gasteiger partial charge in [-0.25, -0.2) is 0 Å². The van der Waals surface area contributed by atoms with Crippen molar-refractivity contribution in [2.24, 2.45) is 0 Å². The first-order valence-corrected chi connectivity index (χ1v) is 7.98. The number of pyridine rings is 1. The number of ether oxygens (including phenoxy) is 1. The number of benzene rings is 2. The fourth-order valence-corrected chi connectivity index (χ4v) is 3.16. The van der Waals surface area contributed by atoms with Gasteiger partial charge in [0.05, 0.1) is 18.2 Å². The van der Waals surface area contributed by atoms with E-state index in [2.05, 4.69) is 4.98 Å². The van der Waals surface area contributed by atoms with Gasteiger partial charge in [-0.3, -0.25) is 4.98 Å². The molecule has 0 fully saturated rings. The molecule has 0 bridgehead atoms. The van der Waals surface area contributed by atoms with Crippen molar-refractivity contribution in [3.8, 4) is 0 Å². The van der Waals surface area contributed by atoms with Crippen LogP contribution >= 0.6 is 0 Å². The van der Waals surface area contributed by atoms with Gasteiger partial charge in [-0.15, -0.1) is 0 Å². The average Bonchev–Trinajstić information content (AvgIpc) is 2.65. The Morgan fingerprint density at radius 3 is 2.12 bits per heavy atom. The molecular weight excluding hydrogens is 298 g/mol. The zero-order valence-electron chi connectivity index (χ0n) is 13.7. The molecule has 0 radical (unpaired) electrons. The molecule has 1 N–H and O–H groups in total. The second kappa shape index (κ2) is 7.39. The van der Waals surface area contributed by atoms with Crippen molar-refractivity contribution in [3.05, 3.63) is 102 Å². The van der Waals surface area contributed by atoms with Crippen LogP contribution in [0.15, 0.2) is 85.1 Å². The van der Waals surface area contributed by atoms with E-state index in [-0.39, 0.29) is 12.5 Å².